The lowest BCUT2D eigenvalue weighted by Gasteiger charge is -2.27. The number of hydrogen-bond acceptors (Lipinski definition) is 9. The van der Waals surface area contributed by atoms with Crippen molar-refractivity contribution in [3.63, 3.8) is 0 Å². The summed E-state index contributed by atoms with van der Waals surface area (Å²) in [6.07, 6.45) is 0. The molecule has 9 nitrogen and oxygen atoms in total. The molecule has 0 aliphatic carbocycles. The predicted molar refractivity (Wildman–Crippen MR) is 145 cm³/mol. The number of aliphatic imine (C=N–C) groups is 1. The Labute approximate surface area is 219 Å². The highest BCUT2D eigenvalue weighted by Gasteiger charge is 2.30. The maximum atomic E-state index is 12.8. The van der Waals surface area contributed by atoms with Gasteiger partial charge in [-0.25, -0.2) is 0 Å². The molecule has 0 saturated carbocycles. The molecule has 0 atom stereocenters. The van der Waals surface area contributed by atoms with Crippen molar-refractivity contribution in [1.29, 1.82) is 0 Å². The molecule has 3 heterocycles. The van der Waals surface area contributed by atoms with E-state index in [2.05, 4.69) is 20.3 Å². The molecule has 1 amide bonds. The van der Waals surface area contributed by atoms with E-state index in [-0.39, 0.29) is 11.9 Å². The molecule has 186 valence electrons. The number of nitrogens with zero attached hydrogens (tertiary/aromatic N) is 6. The second-order valence-corrected chi connectivity index (χ2v) is 9.98. The number of benzene rings is 2. The van der Waals surface area contributed by atoms with Gasteiger partial charge in [-0.1, -0.05) is 35.5 Å². The fourth-order valence-electron chi connectivity index (χ4n) is 3.81. The summed E-state index contributed by atoms with van der Waals surface area (Å²) in [5.74, 6) is 1.34. The molecule has 2 aliphatic heterocycles. The molecule has 0 unspecified atom stereocenters. The summed E-state index contributed by atoms with van der Waals surface area (Å²) in [4.78, 5) is 35.0. The molecule has 2 fully saturated rings. The van der Waals surface area contributed by atoms with Crippen LogP contribution in [-0.4, -0.2) is 58.1 Å². The zero-order valence-corrected chi connectivity index (χ0v) is 21.9. The Bertz CT molecular complexity index is 1340. The van der Waals surface area contributed by atoms with E-state index in [4.69, 9.17) is 21.3 Å². The number of amides is 1. The number of carbonyl (C=O) groups excluding carboxylic acids is 1. The molecule has 0 bridgehead atoms. The zero-order chi connectivity index (χ0) is 25.2. The van der Waals surface area contributed by atoms with E-state index in [0.717, 1.165) is 28.1 Å². The molecule has 3 aromatic rings. The molecular weight excluding hydrogens is 498 g/mol. The van der Waals surface area contributed by atoms with Crippen molar-refractivity contribution in [1.82, 2.24) is 15.0 Å². The van der Waals surface area contributed by atoms with Crippen LogP contribution in [0, 0.1) is 20.8 Å². The third-order valence-corrected chi connectivity index (χ3v) is 7.37. The number of hydrogen-bond donors (Lipinski definition) is 1. The summed E-state index contributed by atoms with van der Waals surface area (Å²) >= 11 is 7.68. The van der Waals surface area contributed by atoms with Crippen molar-refractivity contribution in [2.24, 2.45) is 4.99 Å². The van der Waals surface area contributed by atoms with Gasteiger partial charge in [-0.15, -0.1) is 0 Å². The van der Waals surface area contributed by atoms with Crippen LogP contribution in [0.15, 0.2) is 41.4 Å². The van der Waals surface area contributed by atoms with E-state index >= 15 is 0 Å². The van der Waals surface area contributed by atoms with Gasteiger partial charge in [0.2, 0.25) is 17.8 Å². The van der Waals surface area contributed by atoms with Crippen molar-refractivity contribution in [3.8, 4) is 0 Å². The van der Waals surface area contributed by atoms with Crippen LogP contribution >= 0.6 is 23.4 Å². The van der Waals surface area contributed by atoms with E-state index in [1.54, 1.807) is 4.90 Å². The van der Waals surface area contributed by atoms with Crippen molar-refractivity contribution >= 4 is 63.7 Å². The number of anilines is 4. The minimum absolute atomic E-state index is 0.0305. The zero-order valence-electron chi connectivity index (χ0n) is 20.3. The smallest absolute Gasteiger partial charge is 0.258 e. The van der Waals surface area contributed by atoms with Crippen LogP contribution in [0.4, 0.5) is 29.2 Å². The first kappa shape index (κ1) is 24.5. The molecule has 36 heavy (non-hydrogen) atoms. The average Bonchev–Trinajstić information content (AvgIpc) is 3.23. The Morgan fingerprint density at radius 2 is 1.78 bits per heavy atom. The van der Waals surface area contributed by atoms with Crippen molar-refractivity contribution < 1.29 is 9.53 Å². The SMILES string of the molecule is Cc1ccc(N2C(=O)CSC2=Nc2nc(Nc3ccc(C)c(Cl)c3)nc(N3CCOCC3)n2)cc1C. The van der Waals surface area contributed by atoms with Gasteiger partial charge in [-0.3, -0.25) is 9.69 Å². The first-order chi connectivity index (χ1) is 17.4. The highest BCUT2D eigenvalue weighted by molar-refractivity contribution is 8.15. The van der Waals surface area contributed by atoms with E-state index < -0.39 is 0 Å². The van der Waals surface area contributed by atoms with Gasteiger partial charge in [0.15, 0.2) is 5.17 Å². The average molecular weight is 524 g/mol. The van der Waals surface area contributed by atoms with E-state index in [9.17, 15) is 4.79 Å². The summed E-state index contributed by atoms with van der Waals surface area (Å²) in [5, 5.41) is 4.40. The summed E-state index contributed by atoms with van der Waals surface area (Å²) < 4.78 is 5.48. The molecule has 11 heteroatoms. The quantitative estimate of drug-likeness (QED) is 0.509. The maximum Gasteiger partial charge on any atom is 0.258 e. The lowest BCUT2D eigenvalue weighted by Crippen LogP contribution is -2.37. The number of ether oxygens (including phenoxy) is 1. The molecular formula is C25H26ClN7O2S. The van der Waals surface area contributed by atoms with Gasteiger partial charge in [0.1, 0.15) is 0 Å². The van der Waals surface area contributed by atoms with Crippen LogP contribution in [0.5, 0.6) is 0 Å². The van der Waals surface area contributed by atoms with E-state index in [1.165, 1.54) is 11.8 Å². The van der Waals surface area contributed by atoms with Gasteiger partial charge < -0.3 is 15.0 Å². The number of nitrogens with one attached hydrogen (secondary N) is 1. The van der Waals surface area contributed by atoms with Crippen molar-refractivity contribution in [2.75, 3.05) is 47.2 Å². The molecule has 1 N–H and O–H groups in total. The molecule has 2 aliphatic rings. The number of amidine groups is 1. The Morgan fingerprint density at radius 1 is 1.00 bits per heavy atom. The summed E-state index contributed by atoms with van der Waals surface area (Å²) in [6.45, 7) is 8.53. The number of rotatable bonds is 5. The van der Waals surface area contributed by atoms with Gasteiger partial charge in [0.05, 0.1) is 24.7 Å². The second kappa shape index (κ2) is 10.4. The number of aryl methyl sites for hydroxylation is 3. The van der Waals surface area contributed by atoms with Crippen LogP contribution in [0.2, 0.25) is 5.02 Å². The van der Waals surface area contributed by atoms with Crippen LogP contribution in [0.3, 0.4) is 0 Å². The van der Waals surface area contributed by atoms with Gasteiger partial charge in [-0.05, 0) is 61.7 Å². The number of aromatic nitrogens is 3. The van der Waals surface area contributed by atoms with Crippen LogP contribution in [0.1, 0.15) is 16.7 Å². The number of halogens is 1. The minimum atomic E-state index is -0.0305. The normalized spacial score (nSPS) is 17.2. The van der Waals surface area contributed by atoms with Gasteiger partial charge >= 0.3 is 0 Å². The Kier molecular flexibility index (Phi) is 7.08. The van der Waals surface area contributed by atoms with Gasteiger partial charge in [0.25, 0.3) is 5.95 Å². The largest absolute Gasteiger partial charge is 0.378 e. The van der Waals surface area contributed by atoms with Crippen molar-refractivity contribution in [3.05, 3.63) is 58.1 Å². The Balaban J connectivity index is 1.52. The highest BCUT2D eigenvalue weighted by Crippen LogP contribution is 2.30. The number of carbonyl (C=O) groups is 1. The lowest BCUT2D eigenvalue weighted by atomic mass is 10.1. The first-order valence-electron chi connectivity index (χ1n) is 11.6. The minimum Gasteiger partial charge on any atom is -0.378 e. The second-order valence-electron chi connectivity index (χ2n) is 8.63. The van der Waals surface area contributed by atoms with Gasteiger partial charge in [0, 0.05) is 23.8 Å². The number of thioether (sulfide) groups is 1. The maximum absolute atomic E-state index is 12.8. The summed E-state index contributed by atoms with van der Waals surface area (Å²) in [5.41, 5.74) is 4.78. The Morgan fingerprint density at radius 3 is 2.53 bits per heavy atom. The van der Waals surface area contributed by atoms with E-state index in [1.807, 2.05) is 62.1 Å². The monoisotopic (exact) mass is 523 g/mol. The van der Waals surface area contributed by atoms with Crippen LogP contribution < -0.4 is 15.1 Å². The molecule has 5 rings (SSSR count). The lowest BCUT2D eigenvalue weighted by molar-refractivity contribution is -0.115. The predicted octanol–water partition coefficient (Wildman–Crippen LogP) is 4.80. The third-order valence-electron chi connectivity index (χ3n) is 6.04. The summed E-state index contributed by atoms with van der Waals surface area (Å²) in [6, 6.07) is 11.6. The van der Waals surface area contributed by atoms with Gasteiger partial charge in [-0.2, -0.15) is 19.9 Å². The molecule has 2 aromatic carbocycles. The fraction of sp³-hybridized carbons (Fsp3) is 0.320. The summed E-state index contributed by atoms with van der Waals surface area (Å²) in [7, 11) is 0. The van der Waals surface area contributed by atoms with Crippen molar-refractivity contribution in [2.45, 2.75) is 20.8 Å². The Hall–Kier alpha value is -3.21. The molecule has 2 saturated heterocycles. The first-order valence-corrected chi connectivity index (χ1v) is 13.0. The van der Waals surface area contributed by atoms with Crippen LogP contribution in [-0.2, 0) is 9.53 Å². The van der Waals surface area contributed by atoms with E-state index in [0.29, 0.717) is 54.1 Å². The molecule has 0 spiro atoms. The molecule has 1 aromatic heterocycles. The fourth-order valence-corrected chi connectivity index (χ4v) is 4.86. The van der Waals surface area contributed by atoms with Crippen LogP contribution in [0.25, 0.3) is 0 Å². The molecule has 0 radical (unpaired) electrons. The third kappa shape index (κ3) is 5.30. The number of morpholine rings is 1. The topological polar surface area (TPSA) is 95.8 Å². The standard InChI is InChI=1S/C25H26ClN7O2S/c1-15-5-7-19(12-17(15)3)33-21(34)14-36-25(33)31-23-28-22(27-18-6-4-16(2)20(26)13-18)29-24(30-23)32-8-10-35-11-9-32/h4-7,12-13H,8-11,14H2,1-3H3,(H,27,28,29,30). The highest BCUT2D eigenvalue weighted by atomic mass is 35.5.